The number of para-hydroxylation sites is 1. The van der Waals surface area contributed by atoms with Crippen LogP contribution in [-0.2, 0) is 34.2 Å². The number of carbonyl (C=O) groups is 1. The van der Waals surface area contributed by atoms with Gasteiger partial charge in [-0.15, -0.1) is 0 Å². The number of sulfonamides is 1. The largest absolute Gasteiger partial charge is 0.340 e. The smallest absolute Gasteiger partial charge is 0.243 e. The monoisotopic (exact) mass is 388 g/mol. The van der Waals surface area contributed by atoms with Crippen molar-refractivity contribution < 1.29 is 13.2 Å². The standard InChI is InChI=1S/C21H28N2O3S/c1-5-18-13-10-14-19(6-2)21(18)23(27(4,25)26)16-20(24)22(3)15-17-11-8-7-9-12-17/h7-14H,5-6,15-16H2,1-4H3. The van der Waals surface area contributed by atoms with Crippen LogP contribution in [0.3, 0.4) is 0 Å². The highest BCUT2D eigenvalue weighted by molar-refractivity contribution is 7.92. The van der Waals surface area contributed by atoms with Gasteiger partial charge >= 0.3 is 0 Å². The highest BCUT2D eigenvalue weighted by Gasteiger charge is 2.26. The van der Waals surface area contributed by atoms with Gasteiger partial charge in [0, 0.05) is 13.6 Å². The lowest BCUT2D eigenvalue weighted by atomic mass is 10.0. The molecule has 0 heterocycles. The van der Waals surface area contributed by atoms with Crippen molar-refractivity contribution >= 4 is 21.6 Å². The van der Waals surface area contributed by atoms with E-state index >= 15 is 0 Å². The Labute approximate surface area is 162 Å². The SMILES string of the molecule is CCc1cccc(CC)c1N(CC(=O)N(C)Cc1ccccc1)S(C)(=O)=O. The maximum atomic E-state index is 12.8. The number of amides is 1. The van der Waals surface area contributed by atoms with Crippen molar-refractivity contribution in [3.05, 3.63) is 65.2 Å². The molecular weight excluding hydrogens is 360 g/mol. The molecule has 6 heteroatoms. The minimum absolute atomic E-state index is 0.202. The lowest BCUT2D eigenvalue weighted by molar-refractivity contribution is -0.128. The van der Waals surface area contributed by atoms with E-state index in [1.165, 1.54) is 4.31 Å². The second kappa shape index (κ2) is 9.04. The Hall–Kier alpha value is -2.34. The van der Waals surface area contributed by atoms with Crippen LogP contribution in [0, 0.1) is 0 Å². The molecule has 0 aliphatic carbocycles. The molecule has 2 rings (SSSR count). The van der Waals surface area contributed by atoms with E-state index in [0.29, 0.717) is 25.1 Å². The summed E-state index contributed by atoms with van der Waals surface area (Å²) in [5, 5.41) is 0. The maximum Gasteiger partial charge on any atom is 0.243 e. The summed E-state index contributed by atoms with van der Waals surface area (Å²) in [6.45, 7) is 4.21. The number of nitrogens with zero attached hydrogens (tertiary/aromatic N) is 2. The predicted molar refractivity (Wildman–Crippen MR) is 110 cm³/mol. The highest BCUT2D eigenvalue weighted by Crippen LogP contribution is 2.29. The summed E-state index contributed by atoms with van der Waals surface area (Å²) < 4.78 is 26.3. The van der Waals surface area contributed by atoms with Gasteiger partial charge in [0.25, 0.3) is 0 Å². The van der Waals surface area contributed by atoms with Gasteiger partial charge in [0.1, 0.15) is 6.54 Å². The number of aryl methyl sites for hydroxylation is 2. The van der Waals surface area contributed by atoms with Gasteiger partial charge in [-0.1, -0.05) is 62.4 Å². The average Bonchev–Trinajstić information content (AvgIpc) is 2.65. The van der Waals surface area contributed by atoms with Gasteiger partial charge < -0.3 is 4.90 Å². The van der Waals surface area contributed by atoms with Gasteiger partial charge in [0.05, 0.1) is 11.9 Å². The van der Waals surface area contributed by atoms with Crippen molar-refractivity contribution in [1.29, 1.82) is 0 Å². The summed E-state index contributed by atoms with van der Waals surface area (Å²) in [5.74, 6) is -0.239. The fraction of sp³-hybridized carbons (Fsp3) is 0.381. The van der Waals surface area contributed by atoms with Crippen LogP contribution in [0.1, 0.15) is 30.5 Å². The highest BCUT2D eigenvalue weighted by atomic mass is 32.2. The van der Waals surface area contributed by atoms with Crippen LogP contribution in [0.2, 0.25) is 0 Å². The normalized spacial score (nSPS) is 11.3. The molecule has 2 aromatic carbocycles. The summed E-state index contributed by atoms with van der Waals surface area (Å²) in [6, 6.07) is 15.4. The Morgan fingerprint density at radius 1 is 0.926 bits per heavy atom. The summed E-state index contributed by atoms with van der Waals surface area (Å²) in [6.07, 6.45) is 2.55. The lowest BCUT2D eigenvalue weighted by Gasteiger charge is -2.28. The average molecular weight is 389 g/mol. The first-order chi connectivity index (χ1) is 12.8. The molecule has 0 aliphatic heterocycles. The van der Waals surface area contributed by atoms with E-state index in [9.17, 15) is 13.2 Å². The summed E-state index contributed by atoms with van der Waals surface area (Å²) in [5.41, 5.74) is 3.51. The number of likely N-dealkylation sites (N-methyl/N-ethyl adjacent to an activating group) is 1. The Balaban J connectivity index is 2.32. The fourth-order valence-electron chi connectivity index (χ4n) is 3.09. The molecule has 0 atom stereocenters. The minimum atomic E-state index is -3.60. The molecule has 0 radical (unpaired) electrons. The first-order valence-corrected chi connectivity index (χ1v) is 11.0. The quantitative estimate of drug-likeness (QED) is 0.698. The van der Waals surface area contributed by atoms with Crippen LogP contribution in [0.15, 0.2) is 48.5 Å². The second-order valence-electron chi connectivity index (χ2n) is 6.64. The Kier molecular flexibility index (Phi) is 7.02. The van der Waals surface area contributed by atoms with Crippen molar-refractivity contribution in [3.8, 4) is 0 Å². The first kappa shape index (κ1) is 21.0. The molecule has 1 amide bonds. The van der Waals surface area contributed by atoms with Crippen molar-refractivity contribution in [2.24, 2.45) is 0 Å². The van der Waals surface area contributed by atoms with E-state index in [1.807, 2.05) is 62.4 Å². The minimum Gasteiger partial charge on any atom is -0.340 e. The van der Waals surface area contributed by atoms with E-state index in [1.54, 1.807) is 11.9 Å². The van der Waals surface area contributed by atoms with Crippen LogP contribution in [0.4, 0.5) is 5.69 Å². The van der Waals surface area contributed by atoms with E-state index in [2.05, 4.69) is 0 Å². The van der Waals surface area contributed by atoms with Crippen LogP contribution in [0.25, 0.3) is 0 Å². The Morgan fingerprint density at radius 3 is 1.96 bits per heavy atom. The van der Waals surface area contributed by atoms with Gasteiger partial charge in [0.2, 0.25) is 15.9 Å². The third-order valence-electron chi connectivity index (χ3n) is 4.58. The summed E-state index contributed by atoms with van der Waals surface area (Å²) in [4.78, 5) is 14.4. The number of rotatable bonds is 8. The molecule has 0 spiro atoms. The molecule has 0 fully saturated rings. The molecule has 0 saturated heterocycles. The number of hydrogen-bond acceptors (Lipinski definition) is 3. The van der Waals surface area contributed by atoms with E-state index in [0.717, 1.165) is 22.9 Å². The topological polar surface area (TPSA) is 57.7 Å². The Bertz CT molecular complexity index is 857. The molecule has 0 N–H and O–H groups in total. The van der Waals surface area contributed by atoms with Crippen LogP contribution < -0.4 is 4.31 Å². The molecule has 0 unspecified atom stereocenters. The summed E-state index contributed by atoms with van der Waals surface area (Å²) >= 11 is 0. The van der Waals surface area contributed by atoms with Crippen molar-refractivity contribution in [1.82, 2.24) is 4.90 Å². The van der Waals surface area contributed by atoms with E-state index in [4.69, 9.17) is 0 Å². The zero-order chi connectivity index (χ0) is 20.0. The molecule has 2 aromatic rings. The third kappa shape index (κ3) is 5.32. The first-order valence-electron chi connectivity index (χ1n) is 9.14. The molecule has 0 bridgehead atoms. The molecule has 0 saturated carbocycles. The summed E-state index contributed by atoms with van der Waals surface area (Å²) in [7, 11) is -1.90. The zero-order valence-corrected chi connectivity index (χ0v) is 17.3. The molecule has 0 aromatic heterocycles. The Morgan fingerprint density at radius 2 is 1.48 bits per heavy atom. The molecule has 146 valence electrons. The van der Waals surface area contributed by atoms with Crippen LogP contribution in [0.5, 0.6) is 0 Å². The number of anilines is 1. The van der Waals surface area contributed by atoms with Gasteiger partial charge in [-0.05, 0) is 29.5 Å². The lowest BCUT2D eigenvalue weighted by Crippen LogP contribution is -2.41. The van der Waals surface area contributed by atoms with Crippen molar-refractivity contribution in [2.45, 2.75) is 33.2 Å². The number of carbonyl (C=O) groups excluding carboxylic acids is 1. The maximum absolute atomic E-state index is 12.8. The second-order valence-corrected chi connectivity index (χ2v) is 8.54. The van der Waals surface area contributed by atoms with Crippen LogP contribution in [-0.4, -0.2) is 39.1 Å². The van der Waals surface area contributed by atoms with Crippen LogP contribution >= 0.6 is 0 Å². The predicted octanol–water partition coefficient (Wildman–Crippen LogP) is 3.24. The third-order valence-corrected chi connectivity index (χ3v) is 5.69. The number of hydrogen-bond donors (Lipinski definition) is 0. The van der Waals surface area contributed by atoms with Gasteiger partial charge in [-0.2, -0.15) is 0 Å². The van der Waals surface area contributed by atoms with Crippen molar-refractivity contribution in [3.63, 3.8) is 0 Å². The van der Waals surface area contributed by atoms with E-state index in [-0.39, 0.29) is 12.5 Å². The molecular formula is C21H28N2O3S. The van der Waals surface area contributed by atoms with Gasteiger partial charge in [-0.3, -0.25) is 9.10 Å². The van der Waals surface area contributed by atoms with Gasteiger partial charge in [-0.25, -0.2) is 8.42 Å². The van der Waals surface area contributed by atoms with Crippen molar-refractivity contribution in [2.75, 3.05) is 24.2 Å². The molecule has 5 nitrogen and oxygen atoms in total. The fourth-order valence-corrected chi connectivity index (χ4v) is 4.00. The zero-order valence-electron chi connectivity index (χ0n) is 16.5. The molecule has 27 heavy (non-hydrogen) atoms. The number of benzene rings is 2. The van der Waals surface area contributed by atoms with Gasteiger partial charge in [0.15, 0.2) is 0 Å². The molecule has 0 aliphatic rings. The van der Waals surface area contributed by atoms with E-state index < -0.39 is 10.0 Å².